The van der Waals surface area contributed by atoms with Crippen molar-refractivity contribution < 1.29 is 0 Å². The van der Waals surface area contributed by atoms with Crippen LogP contribution in [-0.4, -0.2) is 11.0 Å². The smallest absolute Gasteiger partial charge is 0.0691 e. The van der Waals surface area contributed by atoms with Crippen LogP contribution in [0.15, 0.2) is 18.2 Å². The second-order valence-corrected chi connectivity index (χ2v) is 4.46. The van der Waals surface area contributed by atoms with Gasteiger partial charge in [-0.15, -0.1) is 0 Å². The van der Waals surface area contributed by atoms with E-state index < -0.39 is 0 Å². The zero-order valence-electron chi connectivity index (χ0n) is 8.97. The molecule has 2 aromatic rings. The highest BCUT2D eigenvalue weighted by molar-refractivity contribution is 6.36. The van der Waals surface area contributed by atoms with Crippen LogP contribution < -0.4 is 5.73 Å². The Morgan fingerprint density at radius 3 is 2.87 bits per heavy atom. The van der Waals surface area contributed by atoms with Gasteiger partial charge in [0.2, 0.25) is 0 Å². The number of fused-ring (bicyclic) bond motifs is 1. The number of aromatic nitrogens is 1. The lowest BCUT2D eigenvalue weighted by molar-refractivity contribution is 0.742. The van der Waals surface area contributed by atoms with E-state index >= 15 is 0 Å². The van der Waals surface area contributed by atoms with Gasteiger partial charge in [0.1, 0.15) is 0 Å². The summed E-state index contributed by atoms with van der Waals surface area (Å²) in [6.07, 6.45) is 0.856. The molecule has 0 aliphatic heterocycles. The quantitative estimate of drug-likeness (QED) is 0.806. The van der Waals surface area contributed by atoms with Crippen LogP contribution in [-0.2, 0) is 6.42 Å². The van der Waals surface area contributed by atoms with Crippen LogP contribution in [0.5, 0.6) is 0 Å². The molecule has 0 bridgehead atoms. The van der Waals surface area contributed by atoms with Gasteiger partial charge in [-0.2, -0.15) is 0 Å². The minimum Gasteiger partial charge on any atom is -0.357 e. The summed E-state index contributed by atoms with van der Waals surface area (Å²) in [4.78, 5) is 3.27. The highest BCUT2D eigenvalue weighted by atomic mass is 35.5. The standard InChI is InChI=1S/C12H15ClN2/c1-7(14)6-9-4-3-5-10-11(9)12(13)8(2)15-10/h3-5,7,15H,6,14H2,1-2H3. The molecule has 1 unspecified atom stereocenters. The summed E-state index contributed by atoms with van der Waals surface area (Å²) in [6.45, 7) is 3.99. The molecule has 2 rings (SSSR count). The van der Waals surface area contributed by atoms with Crippen molar-refractivity contribution in [1.29, 1.82) is 0 Å². The van der Waals surface area contributed by atoms with Crippen LogP contribution in [0.3, 0.4) is 0 Å². The monoisotopic (exact) mass is 222 g/mol. The van der Waals surface area contributed by atoms with E-state index in [0.29, 0.717) is 0 Å². The normalized spacial score (nSPS) is 13.3. The Morgan fingerprint density at radius 1 is 1.47 bits per heavy atom. The number of hydrogen-bond donors (Lipinski definition) is 2. The topological polar surface area (TPSA) is 41.8 Å². The number of hydrogen-bond acceptors (Lipinski definition) is 1. The molecule has 1 atom stereocenters. The van der Waals surface area contributed by atoms with Crippen LogP contribution in [0.25, 0.3) is 10.9 Å². The van der Waals surface area contributed by atoms with Crippen molar-refractivity contribution >= 4 is 22.5 Å². The SMILES string of the molecule is Cc1[nH]c2cccc(CC(C)N)c2c1Cl. The number of H-pyrrole nitrogens is 1. The first-order valence-electron chi connectivity index (χ1n) is 5.11. The fourth-order valence-corrected chi connectivity index (χ4v) is 2.20. The molecular weight excluding hydrogens is 208 g/mol. The van der Waals surface area contributed by atoms with Crippen LogP contribution in [0.2, 0.25) is 5.02 Å². The summed E-state index contributed by atoms with van der Waals surface area (Å²) < 4.78 is 0. The van der Waals surface area contributed by atoms with E-state index in [0.717, 1.165) is 28.0 Å². The maximum atomic E-state index is 6.26. The van der Waals surface area contributed by atoms with Gasteiger partial charge in [0, 0.05) is 22.6 Å². The maximum Gasteiger partial charge on any atom is 0.0691 e. The van der Waals surface area contributed by atoms with E-state index in [9.17, 15) is 0 Å². The van der Waals surface area contributed by atoms with Gasteiger partial charge in [-0.1, -0.05) is 23.7 Å². The van der Waals surface area contributed by atoms with Gasteiger partial charge in [0.15, 0.2) is 0 Å². The molecule has 0 saturated carbocycles. The molecule has 3 N–H and O–H groups in total. The highest BCUT2D eigenvalue weighted by Gasteiger charge is 2.10. The highest BCUT2D eigenvalue weighted by Crippen LogP contribution is 2.30. The van der Waals surface area contributed by atoms with Gasteiger partial charge in [0.25, 0.3) is 0 Å². The van der Waals surface area contributed by atoms with Crippen molar-refractivity contribution in [3.05, 3.63) is 34.5 Å². The lowest BCUT2D eigenvalue weighted by Crippen LogP contribution is -2.17. The first kappa shape index (κ1) is 10.5. The Hall–Kier alpha value is -0.990. The minimum absolute atomic E-state index is 0.155. The molecule has 80 valence electrons. The summed E-state index contributed by atoms with van der Waals surface area (Å²) >= 11 is 6.26. The van der Waals surface area contributed by atoms with Crippen LogP contribution in [0.4, 0.5) is 0 Å². The summed E-state index contributed by atoms with van der Waals surface area (Å²) in [6, 6.07) is 6.32. The average Bonchev–Trinajstić information content (AvgIpc) is 2.43. The van der Waals surface area contributed by atoms with Crippen molar-refractivity contribution in [2.75, 3.05) is 0 Å². The van der Waals surface area contributed by atoms with Gasteiger partial charge in [-0.25, -0.2) is 0 Å². The molecule has 0 aliphatic carbocycles. The average molecular weight is 223 g/mol. The lowest BCUT2D eigenvalue weighted by atomic mass is 10.0. The number of nitrogens with one attached hydrogen (secondary N) is 1. The summed E-state index contributed by atoms with van der Waals surface area (Å²) in [5.41, 5.74) is 9.15. The Kier molecular flexibility index (Phi) is 2.72. The van der Waals surface area contributed by atoms with Crippen LogP contribution in [0, 0.1) is 6.92 Å². The molecule has 1 aromatic heterocycles. The zero-order valence-corrected chi connectivity index (χ0v) is 9.73. The molecule has 3 heteroatoms. The molecule has 0 fully saturated rings. The molecular formula is C12H15ClN2. The molecule has 1 aromatic carbocycles. The minimum atomic E-state index is 0.155. The van der Waals surface area contributed by atoms with Crippen LogP contribution >= 0.6 is 11.6 Å². The Balaban J connectivity index is 2.63. The number of benzene rings is 1. The molecule has 0 amide bonds. The van der Waals surface area contributed by atoms with E-state index in [-0.39, 0.29) is 6.04 Å². The first-order chi connectivity index (χ1) is 7.09. The van der Waals surface area contributed by atoms with E-state index in [2.05, 4.69) is 11.1 Å². The molecule has 0 spiro atoms. The van der Waals surface area contributed by atoms with Crippen molar-refractivity contribution in [3.63, 3.8) is 0 Å². The van der Waals surface area contributed by atoms with Crippen molar-refractivity contribution in [2.45, 2.75) is 26.3 Å². The van der Waals surface area contributed by atoms with Crippen LogP contribution in [0.1, 0.15) is 18.2 Å². The number of halogens is 1. The summed E-state index contributed by atoms with van der Waals surface area (Å²) in [5.74, 6) is 0. The van der Waals surface area contributed by atoms with E-state index in [1.54, 1.807) is 0 Å². The van der Waals surface area contributed by atoms with Crippen molar-refractivity contribution in [3.8, 4) is 0 Å². The predicted octanol–water partition coefficient (Wildman–Crippen LogP) is 3.02. The van der Waals surface area contributed by atoms with Gasteiger partial charge >= 0.3 is 0 Å². The van der Waals surface area contributed by atoms with Gasteiger partial charge < -0.3 is 10.7 Å². The number of rotatable bonds is 2. The molecule has 1 heterocycles. The Labute approximate surface area is 94.4 Å². The van der Waals surface area contributed by atoms with Crippen molar-refractivity contribution in [1.82, 2.24) is 4.98 Å². The number of aromatic amines is 1. The molecule has 0 saturated heterocycles. The number of aryl methyl sites for hydroxylation is 1. The zero-order chi connectivity index (χ0) is 11.0. The molecule has 15 heavy (non-hydrogen) atoms. The molecule has 0 aliphatic rings. The third kappa shape index (κ3) is 1.87. The second kappa shape index (κ2) is 3.87. The largest absolute Gasteiger partial charge is 0.357 e. The van der Waals surface area contributed by atoms with E-state index in [1.165, 1.54) is 5.56 Å². The predicted molar refractivity (Wildman–Crippen MR) is 65.4 cm³/mol. The third-order valence-corrected chi connectivity index (χ3v) is 3.04. The fraction of sp³-hybridized carbons (Fsp3) is 0.333. The van der Waals surface area contributed by atoms with E-state index in [4.69, 9.17) is 17.3 Å². The second-order valence-electron chi connectivity index (χ2n) is 4.09. The Morgan fingerprint density at radius 2 is 2.20 bits per heavy atom. The van der Waals surface area contributed by atoms with Crippen molar-refractivity contribution in [2.24, 2.45) is 5.73 Å². The lowest BCUT2D eigenvalue weighted by Gasteiger charge is -2.06. The third-order valence-electron chi connectivity index (χ3n) is 2.56. The van der Waals surface area contributed by atoms with Gasteiger partial charge in [-0.3, -0.25) is 0 Å². The fourth-order valence-electron chi connectivity index (χ4n) is 1.92. The number of nitrogens with two attached hydrogens (primary N) is 1. The Bertz CT molecular complexity index is 486. The maximum absolute atomic E-state index is 6.26. The summed E-state index contributed by atoms with van der Waals surface area (Å²) in [5, 5.41) is 1.94. The van der Waals surface area contributed by atoms with E-state index in [1.807, 2.05) is 26.0 Å². The first-order valence-corrected chi connectivity index (χ1v) is 5.48. The molecule has 2 nitrogen and oxygen atoms in total. The summed E-state index contributed by atoms with van der Waals surface area (Å²) in [7, 11) is 0. The molecule has 0 radical (unpaired) electrons. The van der Waals surface area contributed by atoms with Gasteiger partial charge in [-0.05, 0) is 31.9 Å². The van der Waals surface area contributed by atoms with Gasteiger partial charge in [0.05, 0.1) is 5.02 Å².